The van der Waals surface area contributed by atoms with E-state index in [1.807, 2.05) is 0 Å². The monoisotopic (exact) mass is 415 g/mol. The van der Waals surface area contributed by atoms with Gasteiger partial charge < -0.3 is 0 Å². The molecule has 0 atom stereocenters. The van der Waals surface area contributed by atoms with E-state index < -0.39 is 58.7 Å². The van der Waals surface area contributed by atoms with Crippen LogP contribution in [0, 0.1) is 10.1 Å². The van der Waals surface area contributed by atoms with Gasteiger partial charge in [0.1, 0.15) is 0 Å². The summed E-state index contributed by atoms with van der Waals surface area (Å²) >= 11 is 5.29. The van der Waals surface area contributed by atoms with E-state index in [9.17, 15) is 36.5 Å². The molecule has 1 aromatic carbocycles. The quantitative estimate of drug-likeness (QED) is 0.371. The van der Waals surface area contributed by atoms with Gasteiger partial charge in [-0.25, -0.2) is 8.42 Å². The predicted molar refractivity (Wildman–Crippen MR) is 89.2 cm³/mol. The molecule has 0 aliphatic rings. The molecule has 0 amide bonds. The summed E-state index contributed by atoms with van der Waals surface area (Å²) in [7, 11) is -4.68. The van der Waals surface area contributed by atoms with Crippen LogP contribution in [0.25, 0.3) is 0 Å². The van der Waals surface area contributed by atoms with E-state index in [4.69, 9.17) is 11.6 Å². The van der Waals surface area contributed by atoms with Gasteiger partial charge in [-0.05, 0) is 36.9 Å². The first-order valence-corrected chi connectivity index (χ1v) is 9.61. The van der Waals surface area contributed by atoms with Crippen LogP contribution in [0.1, 0.15) is 55.1 Å². The van der Waals surface area contributed by atoms with Crippen LogP contribution < -0.4 is 0 Å². The van der Waals surface area contributed by atoms with Crippen molar-refractivity contribution in [1.82, 2.24) is 0 Å². The van der Waals surface area contributed by atoms with Crippen molar-refractivity contribution < 1.29 is 31.3 Å². The first kappa shape index (κ1) is 22.4. The number of rotatable bonds is 7. The van der Waals surface area contributed by atoms with Crippen molar-refractivity contribution >= 4 is 32.4 Å². The molecule has 0 unspecified atom stereocenters. The molecular formula is C15H17ClF3NO5S. The number of nitrogens with zero attached hydrogens (tertiary/aromatic N) is 1. The number of carbonyl (C=O) groups is 1. The molecule has 0 radical (unpaired) electrons. The van der Waals surface area contributed by atoms with Crippen LogP contribution in [-0.2, 0) is 22.4 Å². The minimum absolute atomic E-state index is 0.0229. The molecule has 1 rings (SSSR count). The van der Waals surface area contributed by atoms with Gasteiger partial charge >= 0.3 is 6.18 Å². The number of carbonyl (C=O) groups excluding carboxylic acids is 1. The van der Waals surface area contributed by atoms with Gasteiger partial charge in [-0.15, -0.1) is 0 Å². The van der Waals surface area contributed by atoms with Crippen molar-refractivity contribution in [1.29, 1.82) is 0 Å². The summed E-state index contributed by atoms with van der Waals surface area (Å²) in [6.07, 6.45) is -5.52. The van der Waals surface area contributed by atoms with Crippen molar-refractivity contribution in [3.8, 4) is 0 Å². The van der Waals surface area contributed by atoms with E-state index in [2.05, 4.69) is 0 Å². The molecule has 0 aromatic heterocycles. The molecule has 26 heavy (non-hydrogen) atoms. The average molecular weight is 416 g/mol. The fraction of sp³-hybridized carbons (Fsp3) is 0.533. The number of hydrogen-bond donors (Lipinski definition) is 0. The summed E-state index contributed by atoms with van der Waals surface area (Å²) in [5, 5.41) is 8.96. The Labute approximate surface area is 153 Å². The summed E-state index contributed by atoms with van der Waals surface area (Å²) in [6.45, 7) is 4.27. The molecule has 0 aliphatic heterocycles. The fourth-order valence-electron chi connectivity index (χ4n) is 2.81. The number of nitro groups is 1. The zero-order valence-electron chi connectivity index (χ0n) is 14.2. The molecule has 0 saturated carbocycles. The average Bonchev–Trinajstić information content (AvgIpc) is 2.52. The van der Waals surface area contributed by atoms with Crippen molar-refractivity contribution in [3.05, 3.63) is 32.9 Å². The van der Waals surface area contributed by atoms with E-state index in [0.29, 0.717) is 0 Å². The highest BCUT2D eigenvalue weighted by molar-refractivity contribution is 7.92. The Morgan fingerprint density at radius 3 is 2.08 bits per heavy atom. The molecule has 0 saturated heterocycles. The standard InChI is InChI=1S/C15H17ClF3NO5S/c1-4-8(5-2)26(24,25)13-11(15(17,18)19)7-10(14(16)21)9(6-3)12(13)20(22)23/h7-8H,4-6H2,1-3H3. The van der Waals surface area contributed by atoms with E-state index in [-0.39, 0.29) is 25.3 Å². The molecule has 0 aliphatic carbocycles. The number of benzene rings is 1. The van der Waals surface area contributed by atoms with E-state index in [0.717, 1.165) is 0 Å². The Hall–Kier alpha value is -1.68. The number of sulfone groups is 1. The van der Waals surface area contributed by atoms with Crippen LogP contribution in [0.15, 0.2) is 11.0 Å². The van der Waals surface area contributed by atoms with Gasteiger partial charge in [0.15, 0.2) is 14.7 Å². The van der Waals surface area contributed by atoms with Gasteiger partial charge in [-0.3, -0.25) is 14.9 Å². The van der Waals surface area contributed by atoms with Gasteiger partial charge in [0.25, 0.3) is 10.9 Å². The van der Waals surface area contributed by atoms with Gasteiger partial charge in [0.05, 0.1) is 15.7 Å². The van der Waals surface area contributed by atoms with Crippen LogP contribution in [-0.4, -0.2) is 23.8 Å². The Kier molecular flexibility index (Phi) is 6.80. The second kappa shape index (κ2) is 7.91. The lowest BCUT2D eigenvalue weighted by Gasteiger charge is -2.20. The number of alkyl halides is 3. The SMILES string of the molecule is CCc1c(C(=O)Cl)cc(C(F)(F)F)c(S(=O)(=O)C(CC)CC)c1[N+](=O)[O-]. The smallest absolute Gasteiger partial charge is 0.276 e. The molecular weight excluding hydrogens is 399 g/mol. The predicted octanol–water partition coefficient (Wildman–Crippen LogP) is 4.52. The maximum absolute atomic E-state index is 13.5. The lowest BCUT2D eigenvalue weighted by molar-refractivity contribution is -0.388. The van der Waals surface area contributed by atoms with Gasteiger partial charge in [0.2, 0.25) is 0 Å². The van der Waals surface area contributed by atoms with Crippen LogP contribution >= 0.6 is 11.6 Å². The van der Waals surface area contributed by atoms with Crippen molar-refractivity contribution in [3.63, 3.8) is 0 Å². The van der Waals surface area contributed by atoms with Crippen LogP contribution in [0.3, 0.4) is 0 Å². The van der Waals surface area contributed by atoms with Gasteiger partial charge in [-0.2, -0.15) is 13.2 Å². The lowest BCUT2D eigenvalue weighted by Crippen LogP contribution is -2.26. The van der Waals surface area contributed by atoms with Crippen LogP contribution in [0.5, 0.6) is 0 Å². The van der Waals surface area contributed by atoms with Gasteiger partial charge in [-0.1, -0.05) is 20.8 Å². The molecule has 0 fully saturated rings. The van der Waals surface area contributed by atoms with Crippen LogP contribution in [0.2, 0.25) is 0 Å². The zero-order valence-corrected chi connectivity index (χ0v) is 15.8. The Morgan fingerprint density at radius 2 is 1.77 bits per heavy atom. The molecule has 0 spiro atoms. The third-order valence-corrected chi connectivity index (χ3v) is 6.78. The molecule has 0 bridgehead atoms. The maximum atomic E-state index is 13.5. The maximum Gasteiger partial charge on any atom is 0.417 e. The van der Waals surface area contributed by atoms with Crippen LogP contribution in [0.4, 0.5) is 18.9 Å². The fourth-order valence-corrected chi connectivity index (χ4v) is 5.14. The number of hydrogen-bond acceptors (Lipinski definition) is 5. The van der Waals surface area contributed by atoms with Crippen molar-refractivity contribution in [2.75, 3.05) is 0 Å². The lowest BCUT2D eigenvalue weighted by atomic mass is 9.99. The molecule has 11 heteroatoms. The molecule has 0 heterocycles. The Balaban J connectivity index is 4.23. The normalized spacial score (nSPS) is 12.5. The van der Waals surface area contributed by atoms with E-state index in [1.165, 1.54) is 20.8 Å². The summed E-state index contributed by atoms with van der Waals surface area (Å²) in [5.74, 6) is 0. The summed E-state index contributed by atoms with van der Waals surface area (Å²) in [5.41, 5.74) is -4.15. The summed E-state index contributed by atoms with van der Waals surface area (Å²) < 4.78 is 66.2. The minimum Gasteiger partial charge on any atom is -0.276 e. The Morgan fingerprint density at radius 1 is 1.27 bits per heavy atom. The third-order valence-electron chi connectivity index (χ3n) is 4.05. The molecule has 146 valence electrons. The highest BCUT2D eigenvalue weighted by atomic mass is 35.5. The third kappa shape index (κ3) is 4.01. The van der Waals surface area contributed by atoms with Crippen molar-refractivity contribution in [2.45, 2.75) is 56.4 Å². The van der Waals surface area contributed by atoms with Gasteiger partial charge in [0, 0.05) is 11.1 Å². The summed E-state index contributed by atoms with van der Waals surface area (Å²) in [4.78, 5) is 20.4. The largest absolute Gasteiger partial charge is 0.417 e. The Bertz CT molecular complexity index is 833. The summed E-state index contributed by atoms with van der Waals surface area (Å²) in [6, 6.07) is 0.288. The molecule has 6 nitrogen and oxygen atoms in total. The van der Waals surface area contributed by atoms with E-state index >= 15 is 0 Å². The highest BCUT2D eigenvalue weighted by Crippen LogP contribution is 2.44. The highest BCUT2D eigenvalue weighted by Gasteiger charge is 2.46. The number of nitro benzene ring substituents is 1. The second-order valence-electron chi connectivity index (χ2n) is 5.49. The molecule has 0 N–H and O–H groups in total. The topological polar surface area (TPSA) is 94.3 Å². The first-order valence-electron chi connectivity index (χ1n) is 7.69. The minimum atomic E-state index is -5.23. The van der Waals surface area contributed by atoms with Crippen molar-refractivity contribution in [2.24, 2.45) is 0 Å². The zero-order chi connectivity index (χ0) is 20.4. The first-order chi connectivity index (χ1) is 11.8. The van der Waals surface area contributed by atoms with E-state index in [1.54, 1.807) is 0 Å². The second-order valence-corrected chi connectivity index (χ2v) is 8.00. The number of halogens is 4. The molecule has 1 aromatic rings.